The predicted molar refractivity (Wildman–Crippen MR) is 100 cm³/mol. The van der Waals surface area contributed by atoms with Crippen LogP contribution in [0.3, 0.4) is 0 Å². The van der Waals surface area contributed by atoms with E-state index < -0.39 is 11.6 Å². The van der Waals surface area contributed by atoms with E-state index in [1.165, 1.54) is 13.0 Å². The molecule has 0 bridgehead atoms. The van der Waals surface area contributed by atoms with Crippen molar-refractivity contribution in [2.24, 2.45) is 0 Å². The van der Waals surface area contributed by atoms with E-state index in [0.29, 0.717) is 22.5 Å². The van der Waals surface area contributed by atoms with Crippen LogP contribution in [0.4, 0.5) is 20.2 Å². The summed E-state index contributed by atoms with van der Waals surface area (Å²) in [6.07, 6.45) is 0. The monoisotopic (exact) mass is 371 g/mol. The van der Waals surface area contributed by atoms with E-state index in [9.17, 15) is 13.6 Å². The van der Waals surface area contributed by atoms with Crippen molar-refractivity contribution in [2.75, 3.05) is 5.32 Å². The van der Waals surface area contributed by atoms with E-state index in [0.717, 1.165) is 11.6 Å². The molecular formula is C21H16ClF2NO. The summed E-state index contributed by atoms with van der Waals surface area (Å²) in [6, 6.07) is 14.7. The van der Waals surface area contributed by atoms with E-state index in [4.69, 9.17) is 11.6 Å². The van der Waals surface area contributed by atoms with Crippen LogP contribution >= 0.6 is 11.6 Å². The zero-order valence-corrected chi connectivity index (χ0v) is 15.0. The van der Waals surface area contributed by atoms with Gasteiger partial charge < -0.3 is 5.32 Å². The van der Waals surface area contributed by atoms with Gasteiger partial charge in [-0.25, -0.2) is 8.78 Å². The second-order valence-electron chi connectivity index (χ2n) is 6.00. The van der Waals surface area contributed by atoms with Crippen LogP contribution in [-0.4, -0.2) is 5.78 Å². The minimum Gasteiger partial charge on any atom is -0.355 e. The first-order valence-electron chi connectivity index (χ1n) is 8.00. The lowest BCUT2D eigenvalue weighted by Gasteiger charge is -2.12. The van der Waals surface area contributed by atoms with Crippen molar-refractivity contribution in [3.8, 4) is 0 Å². The molecule has 0 aliphatic carbocycles. The number of rotatable bonds is 4. The molecule has 0 amide bonds. The van der Waals surface area contributed by atoms with Crippen LogP contribution in [0.15, 0.2) is 54.6 Å². The largest absolute Gasteiger partial charge is 0.355 e. The summed E-state index contributed by atoms with van der Waals surface area (Å²) in [7, 11) is 0. The molecule has 3 aromatic rings. The maximum Gasteiger partial charge on any atom is 0.194 e. The summed E-state index contributed by atoms with van der Waals surface area (Å²) in [6.45, 7) is 3.35. The van der Waals surface area contributed by atoms with Crippen molar-refractivity contribution in [3.05, 3.63) is 93.5 Å². The SMILES string of the molecule is Cc1ccccc1C(=O)c1ccc(Nc2ccc(F)c(F)c2C)cc1Cl. The summed E-state index contributed by atoms with van der Waals surface area (Å²) in [5.74, 6) is -1.96. The van der Waals surface area contributed by atoms with Gasteiger partial charge in [0.25, 0.3) is 0 Å². The number of carbonyl (C=O) groups excluding carboxylic acids is 1. The molecule has 5 heteroatoms. The third-order valence-corrected chi connectivity index (χ3v) is 4.53. The maximum atomic E-state index is 13.7. The third kappa shape index (κ3) is 3.46. The van der Waals surface area contributed by atoms with Crippen LogP contribution in [0.25, 0.3) is 0 Å². The van der Waals surface area contributed by atoms with Gasteiger partial charge in [0, 0.05) is 28.1 Å². The molecule has 0 unspecified atom stereocenters. The summed E-state index contributed by atoms with van der Waals surface area (Å²) in [4.78, 5) is 12.7. The normalized spacial score (nSPS) is 10.7. The number of hydrogen-bond acceptors (Lipinski definition) is 2. The highest BCUT2D eigenvalue weighted by atomic mass is 35.5. The first-order valence-corrected chi connectivity index (χ1v) is 8.38. The minimum atomic E-state index is -0.898. The maximum absolute atomic E-state index is 13.7. The van der Waals surface area contributed by atoms with Crippen molar-refractivity contribution < 1.29 is 13.6 Å². The highest BCUT2D eigenvalue weighted by Gasteiger charge is 2.16. The second kappa shape index (κ2) is 7.26. The molecule has 0 radical (unpaired) electrons. The van der Waals surface area contributed by atoms with Gasteiger partial charge in [0.05, 0.1) is 5.02 Å². The molecular weight excluding hydrogens is 356 g/mol. The predicted octanol–water partition coefficient (Wildman–Crippen LogP) is 6.21. The number of hydrogen-bond donors (Lipinski definition) is 1. The number of nitrogens with one attached hydrogen (secondary N) is 1. The molecule has 3 rings (SSSR count). The van der Waals surface area contributed by atoms with Crippen LogP contribution in [0.2, 0.25) is 5.02 Å². The Labute approximate surface area is 155 Å². The third-order valence-electron chi connectivity index (χ3n) is 4.22. The first kappa shape index (κ1) is 18.1. The highest BCUT2D eigenvalue weighted by molar-refractivity contribution is 6.35. The highest BCUT2D eigenvalue weighted by Crippen LogP contribution is 2.28. The summed E-state index contributed by atoms with van der Waals surface area (Å²) < 4.78 is 26.9. The number of aryl methyl sites for hydroxylation is 1. The summed E-state index contributed by atoms with van der Waals surface area (Å²) >= 11 is 6.29. The van der Waals surface area contributed by atoms with Crippen molar-refractivity contribution in [1.82, 2.24) is 0 Å². The number of halogens is 3. The molecule has 1 N–H and O–H groups in total. The lowest BCUT2D eigenvalue weighted by Crippen LogP contribution is -2.05. The Morgan fingerprint density at radius 1 is 0.962 bits per heavy atom. The van der Waals surface area contributed by atoms with Crippen molar-refractivity contribution in [1.29, 1.82) is 0 Å². The van der Waals surface area contributed by atoms with E-state index in [1.54, 1.807) is 30.3 Å². The van der Waals surface area contributed by atoms with Gasteiger partial charge in [-0.15, -0.1) is 0 Å². The Morgan fingerprint density at radius 3 is 2.38 bits per heavy atom. The Hall–Kier alpha value is -2.72. The average Bonchev–Trinajstić information content (AvgIpc) is 2.62. The van der Waals surface area contributed by atoms with Crippen molar-refractivity contribution in [3.63, 3.8) is 0 Å². The standard InChI is InChI=1S/C21H16ClF2NO/c1-12-5-3-4-6-15(12)21(26)16-8-7-14(11-17(16)22)25-19-10-9-18(23)20(24)13(19)2/h3-11,25H,1-2H3. The summed E-state index contributed by atoms with van der Waals surface area (Å²) in [5, 5.41) is 3.28. The van der Waals surface area contributed by atoms with Crippen LogP contribution in [0.5, 0.6) is 0 Å². The van der Waals surface area contributed by atoms with Crippen LogP contribution in [0, 0.1) is 25.5 Å². The first-order chi connectivity index (χ1) is 12.4. The molecule has 0 aromatic heterocycles. The van der Waals surface area contributed by atoms with Gasteiger partial charge in [0.1, 0.15) is 0 Å². The van der Waals surface area contributed by atoms with Gasteiger partial charge in [0.15, 0.2) is 17.4 Å². The Morgan fingerprint density at radius 2 is 1.69 bits per heavy atom. The smallest absolute Gasteiger partial charge is 0.194 e. The quantitative estimate of drug-likeness (QED) is 0.552. The lowest BCUT2D eigenvalue weighted by atomic mass is 9.99. The molecule has 0 saturated carbocycles. The average molecular weight is 372 g/mol. The van der Waals surface area contributed by atoms with Gasteiger partial charge in [-0.2, -0.15) is 0 Å². The Balaban J connectivity index is 1.90. The van der Waals surface area contributed by atoms with Crippen molar-refractivity contribution >= 4 is 28.8 Å². The molecule has 26 heavy (non-hydrogen) atoms. The van der Waals surface area contributed by atoms with E-state index >= 15 is 0 Å². The molecule has 2 nitrogen and oxygen atoms in total. The molecule has 0 heterocycles. The van der Waals surface area contributed by atoms with Gasteiger partial charge in [-0.05, 0) is 49.7 Å². The lowest BCUT2D eigenvalue weighted by molar-refractivity contribution is 0.103. The minimum absolute atomic E-state index is 0.163. The topological polar surface area (TPSA) is 29.1 Å². The van der Waals surface area contributed by atoms with Gasteiger partial charge >= 0.3 is 0 Å². The molecule has 0 saturated heterocycles. The molecule has 0 aliphatic heterocycles. The van der Waals surface area contributed by atoms with Gasteiger partial charge in [0.2, 0.25) is 0 Å². The van der Waals surface area contributed by atoms with Crippen molar-refractivity contribution in [2.45, 2.75) is 13.8 Å². The van der Waals surface area contributed by atoms with Crippen LogP contribution in [-0.2, 0) is 0 Å². The number of carbonyl (C=O) groups is 1. The zero-order valence-electron chi connectivity index (χ0n) is 14.2. The van der Waals surface area contributed by atoms with Gasteiger partial charge in [-0.1, -0.05) is 35.9 Å². The molecule has 0 spiro atoms. The van der Waals surface area contributed by atoms with E-state index in [-0.39, 0.29) is 16.4 Å². The van der Waals surface area contributed by atoms with E-state index in [1.807, 2.05) is 19.1 Å². The molecule has 0 atom stereocenters. The van der Waals surface area contributed by atoms with Gasteiger partial charge in [-0.3, -0.25) is 4.79 Å². The second-order valence-corrected chi connectivity index (χ2v) is 6.40. The zero-order chi connectivity index (χ0) is 18.8. The Bertz CT molecular complexity index is 1000. The van der Waals surface area contributed by atoms with Crippen LogP contribution < -0.4 is 5.32 Å². The number of ketones is 1. The Kier molecular flexibility index (Phi) is 5.05. The van der Waals surface area contributed by atoms with Crippen LogP contribution in [0.1, 0.15) is 27.0 Å². The molecule has 132 valence electrons. The molecule has 3 aromatic carbocycles. The summed E-state index contributed by atoms with van der Waals surface area (Å²) in [5.41, 5.74) is 3.01. The number of anilines is 2. The fourth-order valence-corrected chi connectivity index (χ4v) is 2.96. The fourth-order valence-electron chi connectivity index (χ4n) is 2.69. The fraction of sp³-hybridized carbons (Fsp3) is 0.0952. The van der Waals surface area contributed by atoms with E-state index in [2.05, 4.69) is 5.32 Å². The molecule has 0 fully saturated rings. The molecule has 0 aliphatic rings. The number of benzene rings is 3.